The fourth-order valence-electron chi connectivity index (χ4n) is 0.777. The molecule has 0 aliphatic carbocycles. The van der Waals surface area contributed by atoms with Gasteiger partial charge in [0, 0.05) is 9.74 Å². The second kappa shape index (κ2) is 3.03. The summed E-state index contributed by atoms with van der Waals surface area (Å²) in [4.78, 5) is 2.29. The third-order valence-electron chi connectivity index (χ3n) is 1.43. The zero-order valence-electron chi connectivity index (χ0n) is 7.05. The Hall–Kier alpha value is -0.210. The third-order valence-corrected chi connectivity index (χ3v) is 3.28. The summed E-state index contributed by atoms with van der Waals surface area (Å²) in [6, 6.07) is 4.12. The normalized spacial score (nSPS) is 11.5. The van der Waals surface area contributed by atoms with E-state index >= 15 is 0 Å². The van der Waals surface area contributed by atoms with Gasteiger partial charge in [-0.05, 0) is 16.9 Å². The van der Waals surface area contributed by atoms with E-state index in [4.69, 9.17) is 12.2 Å². The van der Waals surface area contributed by atoms with Crippen molar-refractivity contribution in [1.29, 1.82) is 0 Å². The molecule has 11 heavy (non-hydrogen) atoms. The Balaban J connectivity index is 2.88. The molecule has 0 nitrogen and oxygen atoms in total. The van der Waals surface area contributed by atoms with E-state index in [2.05, 4.69) is 32.2 Å². The lowest BCUT2D eigenvalue weighted by molar-refractivity contribution is 0.603. The fourth-order valence-corrected chi connectivity index (χ4v) is 1.86. The summed E-state index contributed by atoms with van der Waals surface area (Å²) >= 11 is 7.04. The SMILES string of the molecule is CC(C)(C)C(=S)c1cccs1. The minimum atomic E-state index is 0.125. The number of thiocarbonyl (C=S) groups is 1. The summed E-state index contributed by atoms with van der Waals surface area (Å²) in [6.07, 6.45) is 0. The fraction of sp³-hybridized carbons (Fsp3) is 0.444. The van der Waals surface area contributed by atoms with Crippen LogP contribution in [0.1, 0.15) is 25.6 Å². The number of thiophene rings is 1. The van der Waals surface area contributed by atoms with Crippen LogP contribution >= 0.6 is 23.6 Å². The second-order valence-corrected chi connectivity index (χ2v) is 4.91. The molecule has 0 unspecified atom stereocenters. The molecule has 0 saturated heterocycles. The summed E-state index contributed by atoms with van der Waals surface area (Å²) in [5.41, 5.74) is 0.125. The van der Waals surface area contributed by atoms with Crippen LogP contribution in [0.25, 0.3) is 0 Å². The third kappa shape index (κ3) is 2.11. The van der Waals surface area contributed by atoms with Gasteiger partial charge >= 0.3 is 0 Å². The van der Waals surface area contributed by atoms with Gasteiger partial charge in [0.1, 0.15) is 0 Å². The van der Waals surface area contributed by atoms with Gasteiger partial charge in [-0.3, -0.25) is 0 Å². The van der Waals surface area contributed by atoms with Crippen molar-refractivity contribution in [2.24, 2.45) is 5.41 Å². The van der Waals surface area contributed by atoms with E-state index in [0.29, 0.717) is 0 Å². The molecule has 0 spiro atoms. The predicted molar refractivity (Wildman–Crippen MR) is 55.5 cm³/mol. The molecule has 0 fully saturated rings. The van der Waals surface area contributed by atoms with E-state index in [1.165, 1.54) is 4.88 Å². The van der Waals surface area contributed by atoms with Crippen LogP contribution in [0.3, 0.4) is 0 Å². The van der Waals surface area contributed by atoms with Gasteiger partial charge in [0.25, 0.3) is 0 Å². The van der Waals surface area contributed by atoms with Gasteiger partial charge in [-0.2, -0.15) is 0 Å². The van der Waals surface area contributed by atoms with Crippen molar-refractivity contribution in [3.05, 3.63) is 22.4 Å². The van der Waals surface area contributed by atoms with E-state index in [1.54, 1.807) is 11.3 Å². The lowest BCUT2D eigenvalue weighted by Gasteiger charge is -2.18. The van der Waals surface area contributed by atoms with Gasteiger partial charge in [0.2, 0.25) is 0 Å². The molecule has 1 heterocycles. The van der Waals surface area contributed by atoms with E-state index in [-0.39, 0.29) is 5.41 Å². The molecule has 0 saturated carbocycles. The molecule has 0 amide bonds. The van der Waals surface area contributed by atoms with Gasteiger partial charge in [-0.25, -0.2) is 0 Å². The van der Waals surface area contributed by atoms with Crippen LogP contribution < -0.4 is 0 Å². The van der Waals surface area contributed by atoms with Crippen molar-refractivity contribution in [2.75, 3.05) is 0 Å². The highest BCUT2D eigenvalue weighted by Crippen LogP contribution is 2.24. The standard InChI is InChI=1S/C9H12S2/c1-9(2,3)8(10)7-5-4-6-11-7/h4-6H,1-3H3. The van der Waals surface area contributed by atoms with E-state index in [1.807, 2.05) is 6.07 Å². The molecule has 0 bridgehead atoms. The predicted octanol–water partition coefficient (Wildman–Crippen LogP) is 3.51. The summed E-state index contributed by atoms with van der Waals surface area (Å²) in [7, 11) is 0. The lowest BCUT2D eigenvalue weighted by Crippen LogP contribution is -2.17. The van der Waals surface area contributed by atoms with Crippen molar-refractivity contribution in [3.63, 3.8) is 0 Å². The van der Waals surface area contributed by atoms with Crippen molar-refractivity contribution in [2.45, 2.75) is 20.8 Å². The molecule has 2 heteroatoms. The van der Waals surface area contributed by atoms with Gasteiger partial charge in [-0.15, -0.1) is 11.3 Å². The van der Waals surface area contributed by atoms with Crippen LogP contribution in [0.5, 0.6) is 0 Å². The van der Waals surface area contributed by atoms with Crippen LogP contribution in [0.2, 0.25) is 0 Å². The largest absolute Gasteiger partial charge is 0.143 e. The first-order valence-electron chi connectivity index (χ1n) is 3.60. The maximum Gasteiger partial charge on any atom is 0.0415 e. The summed E-state index contributed by atoms with van der Waals surface area (Å²) in [5, 5.41) is 2.06. The molecule has 0 aliphatic rings. The van der Waals surface area contributed by atoms with E-state index < -0.39 is 0 Å². The zero-order chi connectivity index (χ0) is 8.48. The molecular weight excluding hydrogens is 172 g/mol. The maximum atomic E-state index is 5.32. The highest BCUT2D eigenvalue weighted by Gasteiger charge is 2.18. The van der Waals surface area contributed by atoms with Crippen molar-refractivity contribution < 1.29 is 0 Å². The number of hydrogen-bond acceptors (Lipinski definition) is 2. The first-order chi connectivity index (χ1) is 5.02. The van der Waals surface area contributed by atoms with Crippen molar-refractivity contribution >= 4 is 28.4 Å². The molecular formula is C9H12S2. The van der Waals surface area contributed by atoms with Gasteiger partial charge in [-0.1, -0.05) is 39.1 Å². The van der Waals surface area contributed by atoms with Gasteiger partial charge in [0.15, 0.2) is 0 Å². The highest BCUT2D eigenvalue weighted by atomic mass is 32.1. The molecule has 0 aromatic carbocycles. The van der Waals surface area contributed by atoms with Gasteiger partial charge < -0.3 is 0 Å². The monoisotopic (exact) mass is 184 g/mol. The minimum Gasteiger partial charge on any atom is -0.143 e. The van der Waals surface area contributed by atoms with Crippen LogP contribution in [-0.4, -0.2) is 4.86 Å². The highest BCUT2D eigenvalue weighted by molar-refractivity contribution is 7.81. The molecule has 0 aliphatic heterocycles. The summed E-state index contributed by atoms with van der Waals surface area (Å²) in [5.74, 6) is 0. The Labute approximate surface area is 77.3 Å². The second-order valence-electron chi connectivity index (χ2n) is 3.56. The quantitative estimate of drug-likeness (QED) is 0.475. The summed E-state index contributed by atoms with van der Waals surface area (Å²) in [6.45, 7) is 6.44. The van der Waals surface area contributed by atoms with Gasteiger partial charge in [0.05, 0.1) is 0 Å². The molecule has 0 N–H and O–H groups in total. The van der Waals surface area contributed by atoms with E-state index in [9.17, 15) is 0 Å². The lowest BCUT2D eigenvalue weighted by atomic mass is 9.91. The molecule has 1 aromatic heterocycles. The Morgan fingerprint density at radius 3 is 2.45 bits per heavy atom. The number of rotatable bonds is 1. The molecule has 60 valence electrons. The molecule has 1 aromatic rings. The first kappa shape index (κ1) is 8.88. The first-order valence-corrected chi connectivity index (χ1v) is 4.89. The smallest absolute Gasteiger partial charge is 0.0415 e. The average molecular weight is 184 g/mol. The minimum absolute atomic E-state index is 0.125. The molecule has 0 radical (unpaired) electrons. The van der Waals surface area contributed by atoms with Crippen molar-refractivity contribution in [1.82, 2.24) is 0 Å². The average Bonchev–Trinajstić information content (AvgIpc) is 2.34. The summed E-state index contributed by atoms with van der Waals surface area (Å²) < 4.78 is 0. The Bertz CT molecular complexity index is 239. The zero-order valence-corrected chi connectivity index (χ0v) is 8.68. The van der Waals surface area contributed by atoms with Crippen LogP contribution in [0.4, 0.5) is 0 Å². The van der Waals surface area contributed by atoms with Crippen LogP contribution in [-0.2, 0) is 0 Å². The van der Waals surface area contributed by atoms with Crippen molar-refractivity contribution in [3.8, 4) is 0 Å². The Morgan fingerprint density at radius 1 is 1.45 bits per heavy atom. The molecule has 0 atom stereocenters. The van der Waals surface area contributed by atoms with E-state index in [0.717, 1.165) is 4.86 Å². The maximum absolute atomic E-state index is 5.32. The van der Waals surface area contributed by atoms with Crippen LogP contribution in [0.15, 0.2) is 17.5 Å². The van der Waals surface area contributed by atoms with Crippen LogP contribution in [0, 0.1) is 5.41 Å². The topological polar surface area (TPSA) is 0 Å². The number of hydrogen-bond donors (Lipinski definition) is 0. The molecule has 1 rings (SSSR count). The Morgan fingerprint density at radius 2 is 2.09 bits per heavy atom. The Kier molecular flexibility index (Phi) is 2.45.